The Morgan fingerprint density at radius 2 is 1.55 bits per heavy atom. The molecule has 0 unspecified atom stereocenters. The van der Waals surface area contributed by atoms with Crippen LogP contribution in [0.15, 0.2) is 24.3 Å². The number of benzene rings is 1. The van der Waals surface area contributed by atoms with Crippen molar-refractivity contribution in [3.05, 3.63) is 29.8 Å². The zero-order valence-corrected chi connectivity index (χ0v) is 18.8. The van der Waals surface area contributed by atoms with Crippen LogP contribution in [0.5, 0.6) is 0 Å². The SMILES string of the molecule is CCN(C)C(=N)Nc1cccc(CN(C(=O)OC(C)(C)C)C(=O)OC(C)(C)C)c1. The lowest BCUT2D eigenvalue weighted by Crippen LogP contribution is -2.43. The van der Waals surface area contributed by atoms with Crippen LogP contribution in [0.1, 0.15) is 54.0 Å². The molecule has 8 heteroatoms. The van der Waals surface area contributed by atoms with E-state index in [4.69, 9.17) is 14.9 Å². The number of rotatable bonds is 4. The fraction of sp³-hybridized carbons (Fsp3) is 0.571. The van der Waals surface area contributed by atoms with Crippen LogP contribution in [0, 0.1) is 5.41 Å². The quantitative estimate of drug-likeness (QED) is 0.558. The van der Waals surface area contributed by atoms with E-state index in [1.807, 2.05) is 20.0 Å². The minimum atomic E-state index is -0.774. The summed E-state index contributed by atoms with van der Waals surface area (Å²) < 4.78 is 10.8. The van der Waals surface area contributed by atoms with E-state index in [0.717, 1.165) is 4.90 Å². The summed E-state index contributed by atoms with van der Waals surface area (Å²) in [5.74, 6) is 0.251. The highest BCUT2D eigenvalue weighted by Gasteiger charge is 2.31. The van der Waals surface area contributed by atoms with Gasteiger partial charge >= 0.3 is 12.2 Å². The van der Waals surface area contributed by atoms with Gasteiger partial charge < -0.3 is 19.7 Å². The number of ether oxygens (including phenoxy) is 2. The molecule has 0 spiro atoms. The number of nitrogens with zero attached hydrogens (tertiary/aromatic N) is 2. The standard InChI is InChI=1S/C21H34N4O4/c1-9-24(8)17(22)23-16-12-10-11-15(13-16)14-25(18(26)28-20(2,3)4)19(27)29-21(5,6)7/h10-13H,9,14H2,1-8H3,(H2,22,23). The van der Waals surface area contributed by atoms with Crippen LogP contribution >= 0.6 is 0 Å². The highest BCUT2D eigenvalue weighted by Crippen LogP contribution is 2.19. The van der Waals surface area contributed by atoms with Gasteiger partial charge in [-0.15, -0.1) is 0 Å². The van der Waals surface area contributed by atoms with E-state index in [9.17, 15) is 9.59 Å². The Kier molecular flexibility index (Phi) is 8.05. The molecule has 2 amide bonds. The van der Waals surface area contributed by atoms with Gasteiger partial charge in [0.05, 0.1) is 6.54 Å². The fourth-order valence-electron chi connectivity index (χ4n) is 2.16. The Bertz CT molecular complexity index is 707. The Morgan fingerprint density at radius 1 is 1.03 bits per heavy atom. The van der Waals surface area contributed by atoms with Gasteiger partial charge in [-0.25, -0.2) is 14.5 Å². The molecule has 0 aliphatic carbocycles. The van der Waals surface area contributed by atoms with Crippen molar-refractivity contribution in [3.63, 3.8) is 0 Å². The first-order chi connectivity index (χ1) is 13.2. The molecule has 8 nitrogen and oxygen atoms in total. The van der Waals surface area contributed by atoms with E-state index in [1.54, 1.807) is 64.6 Å². The molecule has 0 bridgehead atoms. The van der Waals surface area contributed by atoms with Crippen LogP contribution in [0.25, 0.3) is 0 Å². The normalized spacial score (nSPS) is 11.4. The third-order valence-electron chi connectivity index (χ3n) is 3.61. The van der Waals surface area contributed by atoms with Crippen LogP contribution in [0.3, 0.4) is 0 Å². The average molecular weight is 407 g/mol. The first-order valence-corrected chi connectivity index (χ1v) is 9.61. The van der Waals surface area contributed by atoms with Gasteiger partial charge in [0.1, 0.15) is 11.2 Å². The Morgan fingerprint density at radius 3 is 2.00 bits per heavy atom. The Labute approximate surface area is 173 Å². The number of hydrogen-bond acceptors (Lipinski definition) is 5. The lowest BCUT2D eigenvalue weighted by atomic mass is 10.2. The van der Waals surface area contributed by atoms with E-state index in [-0.39, 0.29) is 12.5 Å². The summed E-state index contributed by atoms with van der Waals surface area (Å²) >= 11 is 0. The van der Waals surface area contributed by atoms with Crippen LogP contribution < -0.4 is 5.32 Å². The molecule has 1 aromatic rings. The van der Waals surface area contributed by atoms with Crippen LogP contribution in [-0.4, -0.2) is 52.7 Å². The molecule has 0 atom stereocenters. The molecule has 2 N–H and O–H groups in total. The van der Waals surface area contributed by atoms with Crippen LogP contribution in [-0.2, 0) is 16.0 Å². The minimum Gasteiger partial charge on any atom is -0.443 e. The van der Waals surface area contributed by atoms with Gasteiger partial charge in [0.15, 0.2) is 5.96 Å². The number of anilines is 1. The van der Waals surface area contributed by atoms with Gasteiger partial charge in [0, 0.05) is 19.3 Å². The maximum Gasteiger partial charge on any atom is 0.420 e. The zero-order chi connectivity index (χ0) is 22.4. The summed E-state index contributed by atoms with van der Waals surface area (Å²) in [5, 5.41) is 11.0. The number of carbonyl (C=O) groups is 2. The third kappa shape index (κ3) is 8.85. The second-order valence-corrected chi connectivity index (χ2v) is 8.73. The molecule has 0 fully saturated rings. The molecule has 0 aliphatic rings. The minimum absolute atomic E-state index is 0.0176. The topological polar surface area (TPSA) is 95.0 Å². The number of guanidine groups is 1. The monoisotopic (exact) mass is 406 g/mol. The maximum absolute atomic E-state index is 12.6. The molecule has 0 heterocycles. The number of hydrogen-bond donors (Lipinski definition) is 2. The lowest BCUT2D eigenvalue weighted by Gasteiger charge is -2.28. The largest absolute Gasteiger partial charge is 0.443 e. The molecular weight excluding hydrogens is 372 g/mol. The van der Waals surface area contributed by atoms with Gasteiger partial charge in [0.25, 0.3) is 0 Å². The second kappa shape index (κ2) is 9.62. The molecule has 0 saturated heterocycles. The van der Waals surface area contributed by atoms with Gasteiger partial charge in [-0.2, -0.15) is 0 Å². The Balaban J connectivity index is 3.06. The molecular formula is C21H34N4O4. The molecule has 162 valence electrons. The van der Waals surface area contributed by atoms with Crippen LogP contribution in [0.4, 0.5) is 15.3 Å². The summed E-state index contributed by atoms with van der Waals surface area (Å²) in [6.07, 6.45) is -1.55. The van der Waals surface area contributed by atoms with Gasteiger partial charge in [0.2, 0.25) is 0 Å². The van der Waals surface area contributed by atoms with E-state index in [2.05, 4.69) is 5.32 Å². The Hall–Kier alpha value is -2.77. The molecule has 1 rings (SSSR count). The summed E-state index contributed by atoms with van der Waals surface area (Å²) in [4.78, 5) is 27.9. The summed E-state index contributed by atoms with van der Waals surface area (Å²) in [6, 6.07) is 7.17. The molecule has 0 radical (unpaired) electrons. The second-order valence-electron chi connectivity index (χ2n) is 8.73. The van der Waals surface area contributed by atoms with Crippen LogP contribution in [0.2, 0.25) is 0 Å². The molecule has 0 saturated carbocycles. The van der Waals surface area contributed by atoms with Gasteiger partial charge in [-0.05, 0) is 66.2 Å². The summed E-state index contributed by atoms with van der Waals surface area (Å²) in [6.45, 7) is 13.0. The maximum atomic E-state index is 12.6. The first-order valence-electron chi connectivity index (χ1n) is 9.61. The van der Waals surface area contributed by atoms with Crippen molar-refractivity contribution >= 4 is 23.8 Å². The molecule has 0 aromatic heterocycles. The predicted molar refractivity (Wildman–Crippen MR) is 114 cm³/mol. The number of nitrogens with one attached hydrogen (secondary N) is 2. The van der Waals surface area contributed by atoms with E-state index in [1.165, 1.54) is 0 Å². The van der Waals surface area contributed by atoms with E-state index < -0.39 is 23.4 Å². The van der Waals surface area contributed by atoms with E-state index >= 15 is 0 Å². The van der Waals surface area contributed by atoms with Crippen molar-refractivity contribution in [3.8, 4) is 0 Å². The number of carbonyl (C=O) groups excluding carboxylic acids is 2. The highest BCUT2D eigenvalue weighted by molar-refractivity contribution is 5.91. The summed E-state index contributed by atoms with van der Waals surface area (Å²) in [5.41, 5.74) is -0.124. The van der Waals surface area contributed by atoms with Crippen molar-refractivity contribution in [1.82, 2.24) is 9.80 Å². The first kappa shape index (κ1) is 24.3. The zero-order valence-electron chi connectivity index (χ0n) is 18.8. The summed E-state index contributed by atoms with van der Waals surface area (Å²) in [7, 11) is 1.81. The molecule has 1 aromatic carbocycles. The lowest BCUT2D eigenvalue weighted by molar-refractivity contribution is -0.000247. The number of amides is 2. The molecule has 0 aliphatic heterocycles. The van der Waals surface area contributed by atoms with Gasteiger partial charge in [-0.3, -0.25) is 5.41 Å². The van der Waals surface area contributed by atoms with Crippen molar-refractivity contribution in [2.24, 2.45) is 0 Å². The number of imide groups is 1. The van der Waals surface area contributed by atoms with Gasteiger partial charge in [-0.1, -0.05) is 12.1 Å². The van der Waals surface area contributed by atoms with Crippen molar-refractivity contribution in [2.75, 3.05) is 18.9 Å². The van der Waals surface area contributed by atoms with Crippen molar-refractivity contribution in [1.29, 1.82) is 5.41 Å². The average Bonchev–Trinajstić information content (AvgIpc) is 2.55. The van der Waals surface area contributed by atoms with E-state index in [0.29, 0.717) is 17.8 Å². The third-order valence-corrected chi connectivity index (χ3v) is 3.61. The van der Waals surface area contributed by atoms with Crippen molar-refractivity contribution in [2.45, 2.75) is 66.2 Å². The highest BCUT2D eigenvalue weighted by atomic mass is 16.6. The predicted octanol–water partition coefficient (Wildman–Crippen LogP) is 4.66. The smallest absolute Gasteiger partial charge is 0.420 e. The van der Waals surface area contributed by atoms with Crippen molar-refractivity contribution < 1.29 is 19.1 Å². The molecule has 29 heavy (non-hydrogen) atoms. The fourth-order valence-corrected chi connectivity index (χ4v) is 2.16.